The van der Waals surface area contributed by atoms with E-state index in [0.717, 1.165) is 11.1 Å². The topological polar surface area (TPSA) is 126 Å². The number of carbonyl (C=O) groups is 3. The van der Waals surface area contributed by atoms with Crippen LogP contribution in [0.3, 0.4) is 0 Å². The lowest BCUT2D eigenvalue weighted by molar-refractivity contribution is -0.137. The minimum absolute atomic E-state index is 0.0431. The lowest BCUT2D eigenvalue weighted by atomic mass is 9.93. The van der Waals surface area contributed by atoms with Crippen LogP contribution in [0.4, 0.5) is 9.18 Å². The third-order valence-electron chi connectivity index (χ3n) is 5.28. The van der Waals surface area contributed by atoms with Gasteiger partial charge in [0.2, 0.25) is 5.91 Å². The van der Waals surface area contributed by atoms with E-state index in [1.165, 1.54) is 9.80 Å². The molecule has 2 aliphatic heterocycles. The van der Waals surface area contributed by atoms with Crippen molar-refractivity contribution in [3.63, 3.8) is 0 Å². The van der Waals surface area contributed by atoms with Crippen molar-refractivity contribution >= 4 is 17.9 Å². The van der Waals surface area contributed by atoms with Crippen LogP contribution in [-0.4, -0.2) is 64.7 Å². The monoisotopic (exact) mass is 446 g/mol. The predicted molar refractivity (Wildman–Crippen MR) is 111 cm³/mol. The number of rotatable bonds is 4. The predicted octanol–water partition coefficient (Wildman–Crippen LogP) is 1.68. The minimum Gasteiger partial charge on any atom is -0.484 e. The van der Waals surface area contributed by atoms with Crippen molar-refractivity contribution in [1.29, 1.82) is 5.26 Å². The number of nitrogens with zero attached hydrogens (tertiary/aromatic N) is 3. The largest absolute Gasteiger partial charge is 0.484 e. The molecule has 1 saturated heterocycles. The van der Waals surface area contributed by atoms with Crippen LogP contribution in [-0.2, 0) is 27.3 Å². The molecule has 1 aromatic rings. The second kappa shape index (κ2) is 9.02. The van der Waals surface area contributed by atoms with Gasteiger partial charge in [-0.05, 0) is 44.0 Å². The van der Waals surface area contributed by atoms with E-state index in [2.05, 4.69) is 0 Å². The summed E-state index contributed by atoms with van der Waals surface area (Å²) in [6, 6.07) is 5.25. The highest BCUT2D eigenvalue weighted by Gasteiger charge is 2.44. The fraction of sp³-hybridized carbons (Fsp3) is 0.545. The Bertz CT molecular complexity index is 955. The number of hydrogen-bond donors (Lipinski definition) is 1. The molecule has 0 aromatic heterocycles. The maximum Gasteiger partial charge on any atom is 0.411 e. The molecule has 3 rings (SSSR count). The molecule has 3 atom stereocenters. The molecule has 2 aliphatic rings. The van der Waals surface area contributed by atoms with Crippen LogP contribution in [0, 0.1) is 11.3 Å². The summed E-state index contributed by atoms with van der Waals surface area (Å²) in [6.07, 6.45) is -1.83. The number of fused-ring (bicyclic) bond motifs is 1. The first-order valence-electron chi connectivity index (χ1n) is 10.3. The van der Waals surface area contributed by atoms with E-state index in [4.69, 9.17) is 15.2 Å². The molecule has 1 fully saturated rings. The number of benzene rings is 1. The van der Waals surface area contributed by atoms with Gasteiger partial charge in [-0.3, -0.25) is 14.5 Å². The molecule has 0 saturated carbocycles. The van der Waals surface area contributed by atoms with E-state index in [0.29, 0.717) is 5.75 Å². The summed E-state index contributed by atoms with van der Waals surface area (Å²) in [5.41, 5.74) is 5.86. The Morgan fingerprint density at radius 1 is 1.25 bits per heavy atom. The summed E-state index contributed by atoms with van der Waals surface area (Å²) in [5, 5.41) is 9.34. The number of hydrogen-bond acceptors (Lipinski definition) is 6. The smallest absolute Gasteiger partial charge is 0.411 e. The molecule has 0 radical (unpaired) electrons. The fourth-order valence-corrected chi connectivity index (χ4v) is 3.88. The fourth-order valence-electron chi connectivity index (χ4n) is 3.88. The van der Waals surface area contributed by atoms with Crippen LogP contribution < -0.4 is 10.5 Å². The zero-order valence-electron chi connectivity index (χ0n) is 18.3. The Hall–Kier alpha value is -3.35. The van der Waals surface area contributed by atoms with Gasteiger partial charge >= 0.3 is 6.09 Å². The van der Waals surface area contributed by atoms with Crippen molar-refractivity contribution in [2.45, 2.75) is 64.0 Å². The van der Waals surface area contributed by atoms with Gasteiger partial charge in [-0.2, -0.15) is 5.26 Å². The minimum atomic E-state index is -1.28. The maximum absolute atomic E-state index is 13.9. The second-order valence-electron chi connectivity index (χ2n) is 8.98. The van der Waals surface area contributed by atoms with Gasteiger partial charge < -0.3 is 20.1 Å². The summed E-state index contributed by atoms with van der Waals surface area (Å²) in [7, 11) is 0. The zero-order chi connectivity index (χ0) is 23.6. The standard InChI is InChI=1S/C22H27FN4O5/c1-22(2,3)32-21(30)27-10-14-6-17(31-12-19(25)28)5-4-13(14)7-18(27)20(29)26-11-15(23)8-16(26)9-24/h4-6,15-16,18H,7-8,10-12H2,1-3H3,(H2,25,28)/t15-,16-,18-/m0/s1. The van der Waals surface area contributed by atoms with E-state index in [1.54, 1.807) is 39.0 Å². The van der Waals surface area contributed by atoms with Crippen LogP contribution in [0.15, 0.2) is 18.2 Å². The van der Waals surface area contributed by atoms with E-state index >= 15 is 0 Å². The molecule has 3 amide bonds. The van der Waals surface area contributed by atoms with Gasteiger partial charge in [0.05, 0.1) is 19.2 Å². The molecule has 0 unspecified atom stereocenters. The number of amides is 3. The Kier molecular flexibility index (Phi) is 6.57. The van der Waals surface area contributed by atoms with Crippen LogP contribution >= 0.6 is 0 Å². The van der Waals surface area contributed by atoms with Crippen molar-refractivity contribution in [1.82, 2.24) is 9.80 Å². The van der Waals surface area contributed by atoms with Crippen LogP contribution in [0.1, 0.15) is 38.3 Å². The molecule has 10 heteroatoms. The van der Waals surface area contributed by atoms with Crippen LogP contribution in [0.25, 0.3) is 0 Å². The third-order valence-corrected chi connectivity index (χ3v) is 5.28. The van der Waals surface area contributed by atoms with Crippen molar-refractivity contribution in [3.05, 3.63) is 29.3 Å². The number of nitrogens with two attached hydrogens (primary N) is 1. The lowest BCUT2D eigenvalue weighted by Gasteiger charge is -2.39. The molecular weight excluding hydrogens is 419 g/mol. The Labute approximate surface area is 185 Å². The SMILES string of the molecule is CC(C)(C)OC(=O)N1Cc2cc(OCC(N)=O)ccc2C[C@H]1C(=O)N1C[C@@H](F)C[C@H]1C#N. The van der Waals surface area contributed by atoms with Crippen LogP contribution in [0.5, 0.6) is 5.75 Å². The number of ether oxygens (including phenoxy) is 2. The maximum atomic E-state index is 13.9. The molecule has 0 aliphatic carbocycles. The Morgan fingerprint density at radius 2 is 1.97 bits per heavy atom. The van der Waals surface area contributed by atoms with Gasteiger partial charge in [0.1, 0.15) is 29.6 Å². The van der Waals surface area contributed by atoms with Gasteiger partial charge in [-0.15, -0.1) is 0 Å². The number of nitriles is 1. The van der Waals surface area contributed by atoms with Crippen molar-refractivity contribution < 1.29 is 28.2 Å². The average Bonchev–Trinajstić information content (AvgIpc) is 3.10. The van der Waals surface area contributed by atoms with Gasteiger partial charge in [0.15, 0.2) is 6.61 Å². The average molecular weight is 446 g/mol. The molecular formula is C22H27FN4O5. The zero-order valence-corrected chi connectivity index (χ0v) is 18.3. The molecule has 0 spiro atoms. The number of primary amides is 1. The van der Waals surface area contributed by atoms with Gasteiger partial charge in [-0.1, -0.05) is 6.07 Å². The highest BCUT2D eigenvalue weighted by atomic mass is 19.1. The summed E-state index contributed by atoms with van der Waals surface area (Å²) < 4.78 is 24.8. The first kappa shape index (κ1) is 23.3. The molecule has 2 heterocycles. The summed E-state index contributed by atoms with van der Waals surface area (Å²) in [5.74, 6) is -0.698. The molecule has 0 bridgehead atoms. The van der Waals surface area contributed by atoms with Crippen molar-refractivity contribution in [2.24, 2.45) is 5.73 Å². The lowest BCUT2D eigenvalue weighted by Crippen LogP contribution is -2.55. The van der Waals surface area contributed by atoms with Crippen molar-refractivity contribution in [3.8, 4) is 11.8 Å². The Morgan fingerprint density at radius 3 is 2.59 bits per heavy atom. The first-order valence-corrected chi connectivity index (χ1v) is 10.3. The van der Waals surface area contributed by atoms with E-state index in [1.807, 2.05) is 6.07 Å². The number of carbonyl (C=O) groups excluding carboxylic acids is 3. The number of likely N-dealkylation sites (tertiary alicyclic amines) is 1. The summed E-state index contributed by atoms with van der Waals surface area (Å²) in [4.78, 5) is 39.8. The molecule has 1 aromatic carbocycles. The van der Waals surface area contributed by atoms with Gasteiger partial charge in [-0.25, -0.2) is 9.18 Å². The highest BCUT2D eigenvalue weighted by molar-refractivity contribution is 5.87. The molecule has 172 valence electrons. The first-order chi connectivity index (χ1) is 15.0. The summed E-state index contributed by atoms with van der Waals surface area (Å²) in [6.45, 7) is 4.74. The molecule has 9 nitrogen and oxygen atoms in total. The van der Waals surface area contributed by atoms with Crippen LogP contribution in [0.2, 0.25) is 0 Å². The van der Waals surface area contributed by atoms with Gasteiger partial charge in [0.25, 0.3) is 5.91 Å². The van der Waals surface area contributed by atoms with E-state index in [-0.39, 0.29) is 32.5 Å². The third kappa shape index (κ3) is 5.28. The van der Waals surface area contributed by atoms with E-state index < -0.39 is 41.8 Å². The normalized spacial score (nSPS) is 22.7. The quantitative estimate of drug-likeness (QED) is 0.750. The van der Waals surface area contributed by atoms with Gasteiger partial charge in [0, 0.05) is 12.8 Å². The Balaban J connectivity index is 1.91. The highest BCUT2D eigenvalue weighted by Crippen LogP contribution is 2.31. The van der Waals surface area contributed by atoms with Crippen molar-refractivity contribution in [2.75, 3.05) is 13.2 Å². The molecule has 2 N–H and O–H groups in total. The van der Waals surface area contributed by atoms with E-state index in [9.17, 15) is 24.0 Å². The molecule has 32 heavy (non-hydrogen) atoms. The number of halogens is 1. The second-order valence-corrected chi connectivity index (χ2v) is 8.98. The number of alkyl halides is 1. The summed E-state index contributed by atoms with van der Waals surface area (Å²) >= 11 is 0.